The zero-order valence-electron chi connectivity index (χ0n) is 16.7. The third kappa shape index (κ3) is 2.91. The van der Waals surface area contributed by atoms with Crippen molar-refractivity contribution in [2.75, 3.05) is 0 Å². The number of aromatic nitrogens is 5. The number of pyridine rings is 2. The van der Waals surface area contributed by atoms with Crippen LogP contribution in [0.15, 0.2) is 79.4 Å². The highest BCUT2D eigenvalue weighted by molar-refractivity contribution is 6.01. The van der Waals surface area contributed by atoms with Gasteiger partial charge < -0.3 is 10.1 Å². The second-order valence-corrected chi connectivity index (χ2v) is 7.58. The Bertz CT molecular complexity index is 1620. The molecule has 2 aromatic carbocycles. The van der Waals surface area contributed by atoms with E-state index < -0.39 is 0 Å². The summed E-state index contributed by atoms with van der Waals surface area (Å²) in [5, 5.41) is 19.1. The van der Waals surface area contributed by atoms with Crippen LogP contribution in [0, 0.1) is 5.82 Å². The average Bonchev–Trinajstić information content (AvgIpc) is 3.43. The van der Waals surface area contributed by atoms with Gasteiger partial charge >= 0.3 is 0 Å². The van der Waals surface area contributed by atoms with E-state index in [0.717, 1.165) is 49.9 Å². The van der Waals surface area contributed by atoms with Crippen molar-refractivity contribution in [1.29, 1.82) is 0 Å². The molecule has 7 heteroatoms. The molecule has 6 nitrogen and oxygen atoms in total. The van der Waals surface area contributed by atoms with E-state index in [1.54, 1.807) is 36.8 Å². The van der Waals surface area contributed by atoms with Crippen molar-refractivity contribution < 1.29 is 9.50 Å². The van der Waals surface area contributed by atoms with Gasteiger partial charge in [-0.25, -0.2) is 4.39 Å². The van der Waals surface area contributed by atoms with Gasteiger partial charge in [0.05, 0.1) is 29.1 Å². The van der Waals surface area contributed by atoms with Crippen LogP contribution < -0.4 is 0 Å². The summed E-state index contributed by atoms with van der Waals surface area (Å²) in [5.74, 6) is -0.182. The first kappa shape index (κ1) is 18.3. The van der Waals surface area contributed by atoms with Crippen molar-refractivity contribution in [3.8, 4) is 39.4 Å². The van der Waals surface area contributed by atoms with Gasteiger partial charge in [-0.3, -0.25) is 15.1 Å². The molecule has 0 saturated heterocycles. The van der Waals surface area contributed by atoms with Gasteiger partial charge in [-0.15, -0.1) is 0 Å². The van der Waals surface area contributed by atoms with Gasteiger partial charge in [-0.2, -0.15) is 5.10 Å². The fourth-order valence-corrected chi connectivity index (χ4v) is 4.06. The Morgan fingerprint density at radius 1 is 0.750 bits per heavy atom. The number of benzene rings is 2. The van der Waals surface area contributed by atoms with Crippen molar-refractivity contribution in [2.45, 2.75) is 0 Å². The van der Waals surface area contributed by atoms with E-state index >= 15 is 0 Å². The van der Waals surface area contributed by atoms with Crippen LogP contribution in [0.1, 0.15) is 0 Å². The Labute approximate surface area is 181 Å². The highest BCUT2D eigenvalue weighted by atomic mass is 19.1. The molecule has 154 valence electrons. The first-order chi connectivity index (χ1) is 15.7. The lowest BCUT2D eigenvalue weighted by atomic mass is 10.0. The van der Waals surface area contributed by atoms with Gasteiger partial charge in [0.15, 0.2) is 0 Å². The van der Waals surface area contributed by atoms with E-state index in [9.17, 15) is 9.50 Å². The van der Waals surface area contributed by atoms with Crippen LogP contribution in [0.4, 0.5) is 4.39 Å². The van der Waals surface area contributed by atoms with Crippen LogP contribution in [-0.4, -0.2) is 30.3 Å². The Hall–Kier alpha value is -4.52. The Balaban J connectivity index is 1.52. The standard InChI is InChI=1S/C25H16FN5O/c26-21-4-2-1-3-17(21)20-12-28-13-24-18(20)9-23(29-24)25-19-8-14(5-6-22(19)30-31-25)15-7-16(32)11-27-10-15/h1-13,29,32H,(H,30,31). The quantitative estimate of drug-likeness (QED) is 0.343. The van der Waals surface area contributed by atoms with E-state index in [1.165, 1.54) is 12.3 Å². The van der Waals surface area contributed by atoms with Crippen molar-refractivity contribution in [3.05, 3.63) is 85.2 Å². The summed E-state index contributed by atoms with van der Waals surface area (Å²) in [6, 6.07) is 16.2. The van der Waals surface area contributed by atoms with Gasteiger partial charge in [0.2, 0.25) is 0 Å². The molecular weight excluding hydrogens is 405 g/mol. The fraction of sp³-hybridized carbons (Fsp3) is 0. The topological polar surface area (TPSA) is 90.5 Å². The maximum Gasteiger partial charge on any atom is 0.134 e. The maximum absolute atomic E-state index is 14.4. The van der Waals surface area contributed by atoms with E-state index in [4.69, 9.17) is 0 Å². The van der Waals surface area contributed by atoms with Crippen LogP contribution in [0.3, 0.4) is 0 Å². The first-order valence-electron chi connectivity index (χ1n) is 10.0. The number of H-pyrrole nitrogens is 2. The van der Waals surface area contributed by atoms with Crippen molar-refractivity contribution >= 4 is 21.8 Å². The molecule has 0 radical (unpaired) electrons. The molecule has 6 rings (SSSR count). The third-order valence-corrected chi connectivity index (χ3v) is 5.58. The third-order valence-electron chi connectivity index (χ3n) is 5.58. The largest absolute Gasteiger partial charge is 0.506 e. The lowest BCUT2D eigenvalue weighted by Gasteiger charge is -2.03. The molecule has 0 bridgehead atoms. The monoisotopic (exact) mass is 421 g/mol. The van der Waals surface area contributed by atoms with Crippen molar-refractivity contribution in [2.24, 2.45) is 0 Å². The maximum atomic E-state index is 14.4. The molecular formula is C25H16FN5O. The lowest BCUT2D eigenvalue weighted by molar-refractivity contribution is 0.473. The van der Waals surface area contributed by atoms with Crippen LogP contribution in [0.5, 0.6) is 5.75 Å². The Morgan fingerprint density at radius 3 is 2.50 bits per heavy atom. The predicted molar refractivity (Wildman–Crippen MR) is 121 cm³/mol. The summed E-state index contributed by atoms with van der Waals surface area (Å²) < 4.78 is 14.4. The summed E-state index contributed by atoms with van der Waals surface area (Å²) in [4.78, 5) is 11.7. The molecule has 0 aliphatic carbocycles. The molecule has 0 saturated carbocycles. The molecule has 0 amide bonds. The molecule has 0 atom stereocenters. The van der Waals surface area contributed by atoms with Crippen LogP contribution in [0.2, 0.25) is 0 Å². The first-order valence-corrected chi connectivity index (χ1v) is 10.0. The Morgan fingerprint density at radius 2 is 1.62 bits per heavy atom. The smallest absolute Gasteiger partial charge is 0.134 e. The highest BCUT2D eigenvalue weighted by Crippen LogP contribution is 2.35. The minimum Gasteiger partial charge on any atom is -0.506 e. The SMILES string of the molecule is Oc1cncc(-c2ccc3[nH]nc(-c4cc5c(-c6ccccc6F)cncc5[nH]4)c3c2)c1. The van der Waals surface area contributed by atoms with Gasteiger partial charge in [0, 0.05) is 39.9 Å². The number of hydrogen-bond acceptors (Lipinski definition) is 4. The van der Waals surface area contributed by atoms with Crippen LogP contribution in [-0.2, 0) is 0 Å². The fourth-order valence-electron chi connectivity index (χ4n) is 4.06. The number of aromatic hydroxyl groups is 1. The predicted octanol–water partition coefficient (Wildman–Crippen LogP) is 5.68. The molecule has 4 heterocycles. The molecule has 0 spiro atoms. The van der Waals surface area contributed by atoms with E-state index in [2.05, 4.69) is 25.1 Å². The van der Waals surface area contributed by atoms with E-state index in [0.29, 0.717) is 5.56 Å². The number of nitrogens with zero attached hydrogens (tertiary/aromatic N) is 3. The molecule has 32 heavy (non-hydrogen) atoms. The minimum atomic E-state index is -0.292. The zero-order chi connectivity index (χ0) is 21.7. The van der Waals surface area contributed by atoms with Gasteiger partial charge in [-0.1, -0.05) is 24.3 Å². The number of rotatable bonds is 3. The molecule has 3 N–H and O–H groups in total. The second kappa shape index (κ2) is 7.02. The summed E-state index contributed by atoms with van der Waals surface area (Å²) >= 11 is 0. The molecule has 0 aliphatic rings. The van der Waals surface area contributed by atoms with Crippen LogP contribution >= 0.6 is 0 Å². The normalized spacial score (nSPS) is 11.4. The molecule has 0 aliphatic heterocycles. The molecule has 6 aromatic rings. The summed E-state index contributed by atoms with van der Waals surface area (Å²) in [5.41, 5.74) is 6.15. The van der Waals surface area contributed by atoms with Crippen molar-refractivity contribution in [1.82, 2.24) is 25.1 Å². The van der Waals surface area contributed by atoms with E-state index in [-0.39, 0.29) is 11.6 Å². The summed E-state index contributed by atoms with van der Waals surface area (Å²) in [7, 11) is 0. The summed E-state index contributed by atoms with van der Waals surface area (Å²) in [6.07, 6.45) is 6.50. The Kier molecular flexibility index (Phi) is 4.01. The molecule has 4 aromatic heterocycles. The van der Waals surface area contributed by atoms with Gasteiger partial charge in [0.25, 0.3) is 0 Å². The highest BCUT2D eigenvalue weighted by Gasteiger charge is 2.16. The average molecular weight is 421 g/mol. The lowest BCUT2D eigenvalue weighted by Crippen LogP contribution is -1.85. The van der Waals surface area contributed by atoms with Crippen LogP contribution in [0.25, 0.3) is 55.4 Å². The number of fused-ring (bicyclic) bond motifs is 2. The number of nitrogens with one attached hydrogen (secondary N) is 2. The summed E-state index contributed by atoms with van der Waals surface area (Å²) in [6.45, 7) is 0. The van der Waals surface area contributed by atoms with Crippen molar-refractivity contribution in [3.63, 3.8) is 0 Å². The number of halogens is 1. The molecule has 0 unspecified atom stereocenters. The van der Waals surface area contributed by atoms with E-state index in [1.807, 2.05) is 30.3 Å². The number of hydrogen-bond donors (Lipinski definition) is 3. The second-order valence-electron chi connectivity index (χ2n) is 7.58. The van der Waals surface area contributed by atoms with Gasteiger partial charge in [-0.05, 0) is 35.9 Å². The number of aromatic amines is 2. The minimum absolute atomic E-state index is 0.110. The zero-order valence-corrected chi connectivity index (χ0v) is 16.7. The van der Waals surface area contributed by atoms with Gasteiger partial charge in [0.1, 0.15) is 17.3 Å². The molecule has 0 fully saturated rings.